The highest BCUT2D eigenvalue weighted by atomic mass is 32.1. The van der Waals surface area contributed by atoms with E-state index in [2.05, 4.69) is 36.4 Å². The molecule has 0 amide bonds. The van der Waals surface area contributed by atoms with Gasteiger partial charge in [-0.05, 0) is 50.1 Å². The topological polar surface area (TPSA) is 29.3 Å². The predicted molar refractivity (Wildman–Crippen MR) is 75.3 cm³/mol. The van der Waals surface area contributed by atoms with Crippen molar-refractivity contribution in [3.63, 3.8) is 0 Å². The Labute approximate surface area is 109 Å². The van der Waals surface area contributed by atoms with Gasteiger partial charge in [-0.25, -0.2) is 0 Å². The van der Waals surface area contributed by atoms with Crippen molar-refractivity contribution in [1.82, 2.24) is 4.90 Å². The molecule has 2 N–H and O–H groups in total. The third-order valence-electron chi connectivity index (χ3n) is 4.00. The number of nitrogens with zero attached hydrogens (tertiary/aromatic N) is 1. The number of hydrogen-bond donors (Lipinski definition) is 1. The normalized spacial score (nSPS) is 27.3. The second kappa shape index (κ2) is 5.98. The van der Waals surface area contributed by atoms with Gasteiger partial charge in [0.1, 0.15) is 0 Å². The van der Waals surface area contributed by atoms with E-state index in [4.69, 9.17) is 5.73 Å². The first-order valence-corrected chi connectivity index (χ1v) is 7.54. The van der Waals surface area contributed by atoms with Crippen LogP contribution >= 0.6 is 11.3 Å². The summed E-state index contributed by atoms with van der Waals surface area (Å²) in [6.07, 6.45) is 5.44. The molecule has 1 aromatic rings. The van der Waals surface area contributed by atoms with Gasteiger partial charge in [0.2, 0.25) is 0 Å². The number of nitrogens with two attached hydrogens (primary N) is 1. The van der Waals surface area contributed by atoms with Crippen LogP contribution in [0.5, 0.6) is 0 Å². The van der Waals surface area contributed by atoms with Gasteiger partial charge in [-0.2, -0.15) is 0 Å². The first-order chi connectivity index (χ1) is 8.16. The van der Waals surface area contributed by atoms with Crippen LogP contribution in [0.2, 0.25) is 0 Å². The summed E-state index contributed by atoms with van der Waals surface area (Å²) < 4.78 is 0. The third-order valence-corrected chi connectivity index (χ3v) is 5.01. The zero-order valence-electron chi connectivity index (χ0n) is 10.9. The quantitative estimate of drug-likeness (QED) is 0.891. The summed E-state index contributed by atoms with van der Waals surface area (Å²) >= 11 is 1.77. The molecule has 2 rings (SSSR count). The minimum Gasteiger partial charge on any atom is -0.322 e. The summed E-state index contributed by atoms with van der Waals surface area (Å²) in [6.45, 7) is 3.35. The first kappa shape index (κ1) is 13.1. The number of rotatable bonds is 4. The Kier molecular flexibility index (Phi) is 4.60. The fourth-order valence-electron chi connectivity index (χ4n) is 2.73. The van der Waals surface area contributed by atoms with E-state index in [0.717, 1.165) is 18.5 Å². The van der Waals surface area contributed by atoms with E-state index in [9.17, 15) is 0 Å². The maximum atomic E-state index is 6.24. The molecule has 1 unspecified atom stereocenters. The first-order valence-electron chi connectivity index (χ1n) is 6.66. The molecule has 1 atom stereocenters. The monoisotopic (exact) mass is 252 g/mol. The lowest BCUT2D eigenvalue weighted by molar-refractivity contribution is 0.163. The summed E-state index contributed by atoms with van der Waals surface area (Å²) in [5.41, 5.74) is 6.24. The van der Waals surface area contributed by atoms with Gasteiger partial charge in [0.15, 0.2) is 0 Å². The van der Waals surface area contributed by atoms with Crippen LogP contribution in [0.1, 0.15) is 43.5 Å². The van der Waals surface area contributed by atoms with Crippen LogP contribution in [0.15, 0.2) is 17.5 Å². The Bertz CT molecular complexity index is 315. The van der Waals surface area contributed by atoms with Crippen molar-refractivity contribution in [2.45, 2.75) is 44.7 Å². The summed E-state index contributed by atoms with van der Waals surface area (Å²) in [4.78, 5) is 3.78. The van der Waals surface area contributed by atoms with Crippen molar-refractivity contribution >= 4 is 11.3 Å². The number of hydrogen-bond acceptors (Lipinski definition) is 3. The van der Waals surface area contributed by atoms with Gasteiger partial charge in [-0.3, -0.25) is 0 Å². The molecule has 17 heavy (non-hydrogen) atoms. The molecule has 1 fully saturated rings. The van der Waals surface area contributed by atoms with Crippen molar-refractivity contribution in [3.05, 3.63) is 22.4 Å². The Balaban J connectivity index is 1.82. The highest BCUT2D eigenvalue weighted by Gasteiger charge is 2.23. The summed E-state index contributed by atoms with van der Waals surface area (Å²) in [7, 11) is 2.23. The average Bonchev–Trinajstić information content (AvgIpc) is 2.83. The van der Waals surface area contributed by atoms with Gasteiger partial charge in [0.25, 0.3) is 0 Å². The van der Waals surface area contributed by atoms with Crippen LogP contribution in [-0.4, -0.2) is 24.5 Å². The Morgan fingerprint density at radius 2 is 2.12 bits per heavy atom. The molecule has 1 aromatic heterocycles. The van der Waals surface area contributed by atoms with Gasteiger partial charge in [-0.15, -0.1) is 11.3 Å². The lowest BCUT2D eigenvalue weighted by atomic mass is 9.86. The average molecular weight is 252 g/mol. The summed E-state index contributed by atoms with van der Waals surface area (Å²) in [5.74, 6) is 0.922. The second-order valence-corrected chi connectivity index (χ2v) is 6.45. The highest BCUT2D eigenvalue weighted by molar-refractivity contribution is 7.10. The molecule has 0 aliphatic heterocycles. The van der Waals surface area contributed by atoms with Gasteiger partial charge >= 0.3 is 0 Å². The Morgan fingerprint density at radius 3 is 2.71 bits per heavy atom. The lowest BCUT2D eigenvalue weighted by Crippen LogP contribution is -2.39. The SMILES string of the molecule is CC1CCC(N(C)CC(N)c2cccs2)CC1. The fourth-order valence-corrected chi connectivity index (χ4v) is 3.46. The van der Waals surface area contributed by atoms with Crippen molar-refractivity contribution in [2.24, 2.45) is 11.7 Å². The Hall–Kier alpha value is -0.380. The molecule has 96 valence electrons. The Morgan fingerprint density at radius 1 is 1.41 bits per heavy atom. The van der Waals surface area contributed by atoms with Crippen LogP contribution in [0.25, 0.3) is 0 Å². The zero-order chi connectivity index (χ0) is 12.3. The zero-order valence-corrected chi connectivity index (χ0v) is 11.7. The van der Waals surface area contributed by atoms with Crippen LogP contribution < -0.4 is 5.73 Å². The van der Waals surface area contributed by atoms with Gasteiger partial charge in [-0.1, -0.05) is 13.0 Å². The molecule has 0 radical (unpaired) electrons. The molecule has 0 spiro atoms. The van der Waals surface area contributed by atoms with Crippen molar-refractivity contribution in [3.8, 4) is 0 Å². The molecular formula is C14H24N2S. The molecule has 1 saturated carbocycles. The maximum Gasteiger partial charge on any atom is 0.0519 e. The highest BCUT2D eigenvalue weighted by Crippen LogP contribution is 2.27. The summed E-state index contributed by atoms with van der Waals surface area (Å²) in [5, 5.41) is 2.11. The summed E-state index contributed by atoms with van der Waals surface area (Å²) in [6, 6.07) is 5.16. The van der Waals surface area contributed by atoms with E-state index in [0.29, 0.717) is 0 Å². The van der Waals surface area contributed by atoms with Crippen LogP contribution in [0.4, 0.5) is 0 Å². The minimum absolute atomic E-state index is 0.180. The molecule has 1 aliphatic rings. The van der Waals surface area contributed by atoms with E-state index in [1.807, 2.05) is 0 Å². The van der Waals surface area contributed by atoms with Crippen LogP contribution in [-0.2, 0) is 0 Å². The molecule has 0 aromatic carbocycles. The largest absolute Gasteiger partial charge is 0.322 e. The number of thiophene rings is 1. The minimum atomic E-state index is 0.180. The van der Waals surface area contributed by atoms with E-state index in [1.165, 1.54) is 30.6 Å². The standard InChI is InChI=1S/C14H24N2S/c1-11-5-7-12(8-6-11)16(2)10-13(15)14-4-3-9-17-14/h3-4,9,11-13H,5-8,10,15H2,1-2H3. The predicted octanol–water partition coefficient (Wildman–Crippen LogP) is 3.26. The smallest absolute Gasteiger partial charge is 0.0519 e. The van der Waals surface area contributed by atoms with E-state index in [-0.39, 0.29) is 6.04 Å². The number of likely N-dealkylation sites (N-methyl/N-ethyl adjacent to an activating group) is 1. The van der Waals surface area contributed by atoms with Crippen LogP contribution in [0, 0.1) is 5.92 Å². The molecule has 3 heteroatoms. The van der Waals surface area contributed by atoms with Crippen LogP contribution in [0.3, 0.4) is 0 Å². The van der Waals surface area contributed by atoms with Crippen molar-refractivity contribution in [1.29, 1.82) is 0 Å². The molecule has 0 saturated heterocycles. The van der Waals surface area contributed by atoms with Gasteiger partial charge in [0, 0.05) is 17.5 Å². The van der Waals surface area contributed by atoms with Gasteiger partial charge in [0.05, 0.1) is 6.04 Å². The van der Waals surface area contributed by atoms with E-state index in [1.54, 1.807) is 11.3 Å². The lowest BCUT2D eigenvalue weighted by Gasteiger charge is -2.34. The van der Waals surface area contributed by atoms with E-state index < -0.39 is 0 Å². The van der Waals surface area contributed by atoms with E-state index >= 15 is 0 Å². The second-order valence-electron chi connectivity index (χ2n) is 5.48. The maximum absolute atomic E-state index is 6.24. The fraction of sp³-hybridized carbons (Fsp3) is 0.714. The van der Waals surface area contributed by atoms with Crippen molar-refractivity contribution < 1.29 is 0 Å². The molecular weight excluding hydrogens is 228 g/mol. The van der Waals surface area contributed by atoms with Crippen molar-refractivity contribution in [2.75, 3.05) is 13.6 Å². The van der Waals surface area contributed by atoms with Gasteiger partial charge < -0.3 is 10.6 Å². The third kappa shape index (κ3) is 3.54. The molecule has 0 bridgehead atoms. The molecule has 1 heterocycles. The molecule has 2 nitrogen and oxygen atoms in total. The molecule has 1 aliphatic carbocycles.